The van der Waals surface area contributed by atoms with E-state index in [1.165, 1.54) is 6.20 Å². The Morgan fingerprint density at radius 1 is 1.09 bits per heavy atom. The first-order valence-electron chi connectivity index (χ1n) is 10.9. The number of nitrogens with zero attached hydrogens (tertiary/aromatic N) is 2. The van der Waals surface area contributed by atoms with E-state index in [-0.39, 0.29) is 24.1 Å². The molecule has 0 aliphatic heterocycles. The van der Waals surface area contributed by atoms with Gasteiger partial charge in [-0.1, -0.05) is 59.8 Å². The molecule has 2 unspecified atom stereocenters. The predicted octanol–water partition coefficient (Wildman–Crippen LogP) is 3.15. The SMILES string of the molecule is CC(C)OC(=O)C(C)(CO)CC(Cc1ccc(-c2ccccc2)cc1)NC(=O)c1cnn[nH]1. The van der Waals surface area contributed by atoms with Crippen molar-refractivity contribution in [3.8, 4) is 11.1 Å². The van der Waals surface area contributed by atoms with Crippen LogP contribution in [-0.4, -0.2) is 51.1 Å². The van der Waals surface area contributed by atoms with Gasteiger partial charge in [0.15, 0.2) is 0 Å². The number of carbonyl (C=O) groups excluding carboxylic acids is 2. The van der Waals surface area contributed by atoms with Crippen LogP contribution >= 0.6 is 0 Å². The third-order valence-electron chi connectivity index (χ3n) is 5.42. The maximum Gasteiger partial charge on any atom is 0.314 e. The van der Waals surface area contributed by atoms with E-state index in [1.54, 1.807) is 20.8 Å². The van der Waals surface area contributed by atoms with Gasteiger partial charge >= 0.3 is 5.97 Å². The van der Waals surface area contributed by atoms with Gasteiger partial charge in [0.05, 0.1) is 24.3 Å². The topological polar surface area (TPSA) is 117 Å². The first-order chi connectivity index (χ1) is 15.8. The molecule has 8 nitrogen and oxygen atoms in total. The van der Waals surface area contributed by atoms with Crippen LogP contribution in [0.2, 0.25) is 0 Å². The molecule has 1 heterocycles. The van der Waals surface area contributed by atoms with Gasteiger partial charge in [0.25, 0.3) is 5.91 Å². The number of esters is 1. The Morgan fingerprint density at radius 2 is 1.76 bits per heavy atom. The summed E-state index contributed by atoms with van der Waals surface area (Å²) in [5, 5.41) is 22.7. The van der Waals surface area contributed by atoms with Gasteiger partial charge in [-0.25, -0.2) is 0 Å². The number of aliphatic hydroxyl groups is 1. The van der Waals surface area contributed by atoms with Crippen LogP contribution in [0.4, 0.5) is 0 Å². The number of carbonyl (C=O) groups is 2. The fourth-order valence-electron chi connectivity index (χ4n) is 3.61. The van der Waals surface area contributed by atoms with Crippen LogP contribution in [0.25, 0.3) is 11.1 Å². The number of nitrogens with one attached hydrogen (secondary N) is 2. The average molecular weight is 451 g/mol. The standard InChI is InChI=1S/C25H30N4O4/c1-17(2)33-24(32)25(3,16-30)14-21(27-23(31)22-15-26-29-28-22)13-18-9-11-20(12-10-18)19-7-5-4-6-8-19/h4-12,15,17,21,30H,13-14,16H2,1-3H3,(H,27,31)(H,26,28,29). The van der Waals surface area contributed by atoms with Gasteiger partial charge in [0, 0.05) is 6.04 Å². The highest BCUT2D eigenvalue weighted by molar-refractivity contribution is 5.92. The second-order valence-electron chi connectivity index (χ2n) is 8.68. The van der Waals surface area contributed by atoms with Gasteiger partial charge < -0.3 is 15.2 Å². The molecule has 2 atom stereocenters. The highest BCUT2D eigenvalue weighted by Crippen LogP contribution is 2.28. The number of aliphatic hydroxyl groups excluding tert-OH is 1. The Hall–Kier alpha value is -3.52. The second-order valence-corrected chi connectivity index (χ2v) is 8.68. The molecule has 1 aromatic heterocycles. The van der Waals surface area contributed by atoms with E-state index in [0.717, 1.165) is 16.7 Å². The summed E-state index contributed by atoms with van der Waals surface area (Å²) in [7, 11) is 0. The third-order valence-corrected chi connectivity index (χ3v) is 5.42. The Balaban J connectivity index is 1.80. The van der Waals surface area contributed by atoms with E-state index in [0.29, 0.717) is 6.42 Å². The summed E-state index contributed by atoms with van der Waals surface area (Å²) in [4.78, 5) is 25.4. The molecule has 0 aliphatic rings. The molecule has 0 fully saturated rings. The van der Waals surface area contributed by atoms with Crippen molar-refractivity contribution in [2.24, 2.45) is 5.41 Å². The maximum absolute atomic E-state index is 12.7. The molecule has 0 radical (unpaired) electrons. The van der Waals surface area contributed by atoms with Crippen LogP contribution in [0.15, 0.2) is 60.8 Å². The largest absolute Gasteiger partial charge is 0.462 e. The molecule has 33 heavy (non-hydrogen) atoms. The number of H-pyrrole nitrogens is 1. The van der Waals surface area contributed by atoms with Gasteiger partial charge in [-0.15, -0.1) is 5.10 Å². The van der Waals surface area contributed by atoms with Crippen molar-refractivity contribution in [1.82, 2.24) is 20.7 Å². The smallest absolute Gasteiger partial charge is 0.314 e. The number of amides is 1. The van der Waals surface area contributed by atoms with E-state index in [9.17, 15) is 14.7 Å². The molecular weight excluding hydrogens is 420 g/mol. The molecule has 3 N–H and O–H groups in total. The lowest BCUT2D eigenvalue weighted by molar-refractivity contribution is -0.162. The van der Waals surface area contributed by atoms with Gasteiger partial charge in [0.2, 0.25) is 0 Å². The van der Waals surface area contributed by atoms with Crippen molar-refractivity contribution in [3.63, 3.8) is 0 Å². The van der Waals surface area contributed by atoms with E-state index < -0.39 is 24.0 Å². The number of ether oxygens (including phenoxy) is 1. The summed E-state index contributed by atoms with van der Waals surface area (Å²) < 4.78 is 5.36. The summed E-state index contributed by atoms with van der Waals surface area (Å²) in [6.45, 7) is 4.76. The van der Waals surface area contributed by atoms with E-state index in [2.05, 4.69) is 20.7 Å². The lowest BCUT2D eigenvalue weighted by atomic mass is 9.82. The van der Waals surface area contributed by atoms with Gasteiger partial charge in [0.1, 0.15) is 5.69 Å². The van der Waals surface area contributed by atoms with Crippen molar-refractivity contribution in [2.45, 2.75) is 45.8 Å². The van der Waals surface area contributed by atoms with Crippen LogP contribution < -0.4 is 5.32 Å². The molecule has 0 bridgehead atoms. The zero-order valence-electron chi connectivity index (χ0n) is 19.1. The molecule has 174 valence electrons. The Labute approximate surface area is 193 Å². The summed E-state index contributed by atoms with van der Waals surface area (Å²) in [5.74, 6) is -0.884. The highest BCUT2D eigenvalue weighted by Gasteiger charge is 2.38. The van der Waals surface area contributed by atoms with Gasteiger partial charge in [-0.3, -0.25) is 14.7 Å². The zero-order valence-corrected chi connectivity index (χ0v) is 19.1. The third kappa shape index (κ3) is 6.49. The van der Waals surface area contributed by atoms with Crippen molar-refractivity contribution in [3.05, 3.63) is 72.1 Å². The first-order valence-corrected chi connectivity index (χ1v) is 10.9. The Kier molecular flexibility index (Phi) is 7.95. The van der Waals surface area contributed by atoms with E-state index in [1.807, 2.05) is 54.6 Å². The number of aromatic amines is 1. The normalized spacial score (nSPS) is 13.8. The number of hydrogen-bond donors (Lipinski definition) is 3. The fourth-order valence-corrected chi connectivity index (χ4v) is 3.61. The molecule has 0 spiro atoms. The van der Waals surface area contributed by atoms with Crippen LogP contribution in [0.5, 0.6) is 0 Å². The molecule has 1 amide bonds. The Bertz CT molecular complexity index is 1040. The predicted molar refractivity (Wildman–Crippen MR) is 124 cm³/mol. The van der Waals surface area contributed by atoms with Crippen molar-refractivity contribution < 1.29 is 19.4 Å². The molecule has 8 heteroatoms. The van der Waals surface area contributed by atoms with Crippen LogP contribution in [0.3, 0.4) is 0 Å². The monoisotopic (exact) mass is 450 g/mol. The second kappa shape index (κ2) is 10.9. The summed E-state index contributed by atoms with van der Waals surface area (Å²) in [6, 6.07) is 17.7. The minimum Gasteiger partial charge on any atom is -0.462 e. The molecule has 3 aromatic rings. The first kappa shape index (κ1) is 24.1. The highest BCUT2D eigenvalue weighted by atomic mass is 16.5. The van der Waals surface area contributed by atoms with Crippen molar-refractivity contribution >= 4 is 11.9 Å². The molecule has 0 saturated carbocycles. The molecule has 0 saturated heterocycles. The summed E-state index contributed by atoms with van der Waals surface area (Å²) in [6.07, 6.45) is 1.69. The number of benzene rings is 2. The quantitative estimate of drug-likeness (QED) is 0.409. The van der Waals surface area contributed by atoms with Crippen molar-refractivity contribution in [2.75, 3.05) is 6.61 Å². The van der Waals surface area contributed by atoms with E-state index in [4.69, 9.17) is 4.74 Å². The van der Waals surface area contributed by atoms with Crippen LogP contribution in [0.1, 0.15) is 43.2 Å². The lowest BCUT2D eigenvalue weighted by Gasteiger charge is -2.31. The number of rotatable bonds is 10. The van der Waals surface area contributed by atoms with Gasteiger partial charge in [-0.2, -0.15) is 0 Å². The van der Waals surface area contributed by atoms with Crippen molar-refractivity contribution in [1.29, 1.82) is 0 Å². The fraction of sp³-hybridized carbons (Fsp3) is 0.360. The Morgan fingerprint density at radius 3 is 2.33 bits per heavy atom. The molecule has 0 aliphatic carbocycles. The summed E-state index contributed by atoms with van der Waals surface area (Å²) >= 11 is 0. The summed E-state index contributed by atoms with van der Waals surface area (Å²) in [5.41, 5.74) is 2.24. The maximum atomic E-state index is 12.7. The van der Waals surface area contributed by atoms with Gasteiger partial charge in [-0.05, 0) is 50.3 Å². The minimum absolute atomic E-state index is 0.197. The zero-order chi connectivity index (χ0) is 23.8. The van der Waals surface area contributed by atoms with Crippen LogP contribution in [-0.2, 0) is 16.0 Å². The van der Waals surface area contributed by atoms with Crippen LogP contribution in [0, 0.1) is 5.41 Å². The minimum atomic E-state index is -1.17. The lowest BCUT2D eigenvalue weighted by Crippen LogP contribution is -2.45. The number of hydrogen-bond acceptors (Lipinski definition) is 6. The van der Waals surface area contributed by atoms with E-state index >= 15 is 0 Å². The average Bonchev–Trinajstić information content (AvgIpc) is 3.35. The molecular formula is C25H30N4O4. The molecule has 2 aromatic carbocycles. The number of aromatic nitrogens is 3. The molecule has 3 rings (SSSR count).